The van der Waals surface area contributed by atoms with E-state index in [-0.39, 0.29) is 0 Å². The van der Waals surface area contributed by atoms with E-state index in [0.29, 0.717) is 0 Å². The van der Waals surface area contributed by atoms with Crippen molar-refractivity contribution < 1.29 is 4.79 Å². The summed E-state index contributed by atoms with van der Waals surface area (Å²) in [6, 6.07) is 0. The van der Waals surface area contributed by atoms with Crippen molar-refractivity contribution in [1.82, 2.24) is 0 Å². The Morgan fingerprint density at radius 1 is 1.80 bits per heavy atom. The van der Waals surface area contributed by atoms with Crippen LogP contribution >= 0.6 is 0 Å². The molecule has 10 heavy (non-hydrogen) atoms. The predicted octanol–water partition coefficient (Wildman–Crippen LogP) is 1.47. The summed E-state index contributed by atoms with van der Waals surface area (Å²) in [6.07, 6.45) is 5.31. The molecule has 0 atom stereocenters. The minimum atomic E-state index is 0.755. The molecule has 50 valence electrons. The van der Waals surface area contributed by atoms with Crippen molar-refractivity contribution in [3.8, 4) is 11.8 Å². The molecule has 0 unspecified atom stereocenters. The minimum absolute atomic E-state index is 0.755. The number of hydrogen-bond acceptors (Lipinski definition) is 1. The highest BCUT2D eigenvalue weighted by atomic mass is 16.1. The summed E-state index contributed by atoms with van der Waals surface area (Å²) in [7, 11) is 0. The Morgan fingerprint density at radius 2 is 2.50 bits per heavy atom. The Balaban J connectivity index is 2.52. The Morgan fingerprint density at radius 3 is 3.00 bits per heavy atom. The largest absolute Gasteiger partial charge is 0.299 e. The molecule has 0 heterocycles. The highest BCUT2D eigenvalue weighted by Crippen LogP contribution is 2.15. The van der Waals surface area contributed by atoms with Crippen molar-refractivity contribution in [2.24, 2.45) is 0 Å². The lowest BCUT2D eigenvalue weighted by atomic mass is 10.3. The van der Waals surface area contributed by atoms with E-state index in [0.717, 1.165) is 18.3 Å². The van der Waals surface area contributed by atoms with Crippen LogP contribution in [0.4, 0.5) is 0 Å². The summed E-state index contributed by atoms with van der Waals surface area (Å²) in [5, 5.41) is 0. The van der Waals surface area contributed by atoms with Gasteiger partial charge in [0.25, 0.3) is 0 Å². The Bertz CT molecular complexity index is 258. The standard InChI is InChI=1S/C9H8O/c1-8(6-7-10)2-3-9-4-5-9/h4,6-7H,5H2,1H3/b8-6+. The maximum atomic E-state index is 9.92. The first-order valence-electron chi connectivity index (χ1n) is 3.16. The second kappa shape index (κ2) is 3.03. The lowest BCUT2D eigenvalue weighted by Gasteiger charge is -1.77. The van der Waals surface area contributed by atoms with Crippen LogP contribution in [0.1, 0.15) is 13.3 Å². The average molecular weight is 132 g/mol. The van der Waals surface area contributed by atoms with Crippen LogP contribution in [-0.4, -0.2) is 6.29 Å². The molecule has 1 nitrogen and oxygen atoms in total. The first-order valence-corrected chi connectivity index (χ1v) is 3.16. The summed E-state index contributed by atoms with van der Waals surface area (Å²) in [6.45, 7) is 1.82. The average Bonchev–Trinajstić information content (AvgIpc) is 2.67. The second-order valence-corrected chi connectivity index (χ2v) is 2.17. The van der Waals surface area contributed by atoms with Crippen molar-refractivity contribution in [2.45, 2.75) is 13.3 Å². The van der Waals surface area contributed by atoms with Gasteiger partial charge in [-0.25, -0.2) is 0 Å². The van der Waals surface area contributed by atoms with Crippen LogP contribution in [0.15, 0.2) is 23.3 Å². The van der Waals surface area contributed by atoms with Gasteiger partial charge < -0.3 is 0 Å². The third kappa shape index (κ3) is 2.32. The maximum absolute atomic E-state index is 9.92. The normalized spacial score (nSPS) is 14.9. The molecule has 0 aliphatic heterocycles. The summed E-state index contributed by atoms with van der Waals surface area (Å²) in [4.78, 5) is 9.92. The number of allylic oxidation sites excluding steroid dienone is 4. The van der Waals surface area contributed by atoms with Gasteiger partial charge in [-0.15, -0.1) is 0 Å². The van der Waals surface area contributed by atoms with Gasteiger partial charge in [0.05, 0.1) is 0 Å². The zero-order chi connectivity index (χ0) is 7.40. The highest BCUT2D eigenvalue weighted by Gasteiger charge is 2.00. The highest BCUT2D eigenvalue weighted by molar-refractivity contribution is 5.68. The zero-order valence-electron chi connectivity index (χ0n) is 5.85. The van der Waals surface area contributed by atoms with E-state index in [4.69, 9.17) is 0 Å². The van der Waals surface area contributed by atoms with Crippen molar-refractivity contribution in [2.75, 3.05) is 0 Å². The molecule has 0 aromatic heterocycles. The first kappa shape index (κ1) is 6.82. The van der Waals surface area contributed by atoms with Gasteiger partial charge in [-0.3, -0.25) is 4.79 Å². The SMILES string of the molecule is C/C(C#CC1=CC1)=C\C=O. The lowest BCUT2D eigenvalue weighted by Crippen LogP contribution is -1.69. The lowest BCUT2D eigenvalue weighted by molar-refractivity contribution is -0.104. The third-order valence-electron chi connectivity index (χ3n) is 1.15. The van der Waals surface area contributed by atoms with Gasteiger partial charge in [0, 0.05) is 11.1 Å². The van der Waals surface area contributed by atoms with E-state index in [2.05, 4.69) is 17.9 Å². The molecular weight excluding hydrogens is 124 g/mol. The van der Waals surface area contributed by atoms with Crippen LogP contribution in [0.5, 0.6) is 0 Å². The van der Waals surface area contributed by atoms with Crippen LogP contribution in [0.25, 0.3) is 0 Å². The van der Waals surface area contributed by atoms with Gasteiger partial charge in [0.1, 0.15) is 6.29 Å². The van der Waals surface area contributed by atoms with Gasteiger partial charge in [-0.2, -0.15) is 0 Å². The fourth-order valence-corrected chi connectivity index (χ4v) is 0.476. The Kier molecular flexibility index (Phi) is 2.07. The van der Waals surface area contributed by atoms with Crippen LogP contribution in [0.2, 0.25) is 0 Å². The zero-order valence-corrected chi connectivity index (χ0v) is 5.85. The molecule has 0 N–H and O–H groups in total. The number of carbonyl (C=O) groups is 1. The van der Waals surface area contributed by atoms with E-state index in [1.165, 1.54) is 11.6 Å². The molecule has 0 saturated carbocycles. The molecule has 0 aromatic carbocycles. The van der Waals surface area contributed by atoms with Gasteiger partial charge in [-0.05, 0) is 19.4 Å². The van der Waals surface area contributed by atoms with Crippen LogP contribution < -0.4 is 0 Å². The number of rotatable bonds is 1. The van der Waals surface area contributed by atoms with Crippen molar-refractivity contribution in [3.05, 3.63) is 23.3 Å². The smallest absolute Gasteiger partial charge is 0.143 e. The van der Waals surface area contributed by atoms with Gasteiger partial charge in [0.2, 0.25) is 0 Å². The molecule has 0 amide bonds. The Labute approximate surface area is 60.4 Å². The van der Waals surface area contributed by atoms with E-state index in [1.54, 1.807) is 0 Å². The molecular formula is C9H8O. The van der Waals surface area contributed by atoms with Gasteiger partial charge in [0.15, 0.2) is 0 Å². The molecule has 1 rings (SSSR count). The van der Waals surface area contributed by atoms with E-state index in [1.807, 2.05) is 6.92 Å². The summed E-state index contributed by atoms with van der Waals surface area (Å²) in [5.41, 5.74) is 2.00. The number of carbonyl (C=O) groups excluding carboxylic acids is 1. The quantitative estimate of drug-likeness (QED) is 0.300. The number of hydrogen-bond donors (Lipinski definition) is 0. The first-order chi connectivity index (χ1) is 4.83. The summed E-state index contributed by atoms with van der Waals surface area (Å²) in [5.74, 6) is 5.78. The van der Waals surface area contributed by atoms with Crippen LogP contribution in [0, 0.1) is 11.8 Å². The molecule has 0 spiro atoms. The summed E-state index contributed by atoms with van der Waals surface area (Å²) < 4.78 is 0. The monoisotopic (exact) mass is 132 g/mol. The maximum Gasteiger partial charge on any atom is 0.143 e. The van der Waals surface area contributed by atoms with Crippen LogP contribution in [-0.2, 0) is 4.79 Å². The fourth-order valence-electron chi connectivity index (χ4n) is 0.476. The molecule has 0 saturated heterocycles. The van der Waals surface area contributed by atoms with E-state index < -0.39 is 0 Å². The Hall–Kier alpha value is -1.29. The minimum Gasteiger partial charge on any atom is -0.299 e. The van der Waals surface area contributed by atoms with E-state index >= 15 is 0 Å². The van der Waals surface area contributed by atoms with Crippen molar-refractivity contribution in [1.29, 1.82) is 0 Å². The van der Waals surface area contributed by atoms with Crippen molar-refractivity contribution in [3.63, 3.8) is 0 Å². The van der Waals surface area contributed by atoms with Gasteiger partial charge >= 0.3 is 0 Å². The molecule has 0 radical (unpaired) electrons. The second-order valence-electron chi connectivity index (χ2n) is 2.17. The van der Waals surface area contributed by atoms with Gasteiger partial charge in [-0.1, -0.05) is 17.9 Å². The molecule has 1 aliphatic rings. The summed E-state index contributed by atoms with van der Waals surface area (Å²) >= 11 is 0. The third-order valence-corrected chi connectivity index (χ3v) is 1.15. The molecule has 0 aromatic rings. The fraction of sp³-hybridized carbons (Fsp3) is 0.222. The van der Waals surface area contributed by atoms with Crippen molar-refractivity contribution >= 4 is 6.29 Å². The molecule has 0 bridgehead atoms. The molecule has 0 fully saturated rings. The molecule has 1 heteroatoms. The van der Waals surface area contributed by atoms with Crippen LogP contribution in [0.3, 0.4) is 0 Å². The molecule has 1 aliphatic carbocycles. The topological polar surface area (TPSA) is 17.1 Å². The number of aldehydes is 1. The van der Waals surface area contributed by atoms with E-state index in [9.17, 15) is 4.79 Å². The predicted molar refractivity (Wildman–Crippen MR) is 40.3 cm³/mol.